The third-order valence-corrected chi connectivity index (χ3v) is 4.05. The zero-order valence-electron chi connectivity index (χ0n) is 12.6. The Morgan fingerprint density at radius 2 is 1.60 bits per heavy atom. The molecule has 3 rings (SSSR count). The van der Waals surface area contributed by atoms with Gasteiger partial charge in [-0.2, -0.15) is 0 Å². The van der Waals surface area contributed by atoms with Crippen molar-refractivity contribution in [1.82, 2.24) is 16.0 Å². The van der Waals surface area contributed by atoms with Crippen molar-refractivity contribution < 1.29 is 14.1 Å². The van der Waals surface area contributed by atoms with Crippen LogP contribution in [0.1, 0.15) is 20.8 Å². The highest BCUT2D eigenvalue weighted by molar-refractivity contribution is 9.10. The van der Waals surface area contributed by atoms with E-state index in [9.17, 15) is 9.59 Å². The zero-order valence-corrected chi connectivity index (χ0v) is 15.0. The predicted octanol–water partition coefficient (Wildman–Crippen LogP) is 3.83. The summed E-state index contributed by atoms with van der Waals surface area (Å²) in [6.07, 6.45) is 0. The molecular weight excluding hydrogens is 410 g/mol. The highest BCUT2D eigenvalue weighted by atomic mass is 79.9. The fraction of sp³-hybridized carbons (Fsp3) is 0. The van der Waals surface area contributed by atoms with Crippen molar-refractivity contribution in [3.05, 3.63) is 75.4 Å². The first-order chi connectivity index (χ1) is 12.0. The molecule has 126 valence electrons. The number of hydrazine groups is 1. The molecule has 25 heavy (non-hydrogen) atoms. The Morgan fingerprint density at radius 3 is 2.28 bits per heavy atom. The van der Waals surface area contributed by atoms with Crippen LogP contribution in [0.25, 0.3) is 11.3 Å². The van der Waals surface area contributed by atoms with E-state index < -0.39 is 11.8 Å². The minimum Gasteiger partial charge on any atom is -0.355 e. The van der Waals surface area contributed by atoms with Crippen LogP contribution >= 0.6 is 27.5 Å². The van der Waals surface area contributed by atoms with E-state index in [0.717, 1.165) is 10.0 Å². The molecule has 0 bridgehead atoms. The van der Waals surface area contributed by atoms with Crippen LogP contribution in [0.2, 0.25) is 5.02 Å². The number of carbonyl (C=O) groups excluding carboxylic acids is 2. The molecule has 0 aliphatic rings. The Balaban J connectivity index is 1.63. The maximum Gasteiger partial charge on any atom is 0.291 e. The Kier molecular flexibility index (Phi) is 5.16. The van der Waals surface area contributed by atoms with Crippen LogP contribution < -0.4 is 10.9 Å². The molecule has 2 N–H and O–H groups in total. The topological polar surface area (TPSA) is 84.2 Å². The minimum absolute atomic E-state index is 0.0426. The van der Waals surface area contributed by atoms with E-state index in [4.69, 9.17) is 16.1 Å². The van der Waals surface area contributed by atoms with Gasteiger partial charge in [0.2, 0.25) is 0 Å². The molecule has 0 aliphatic carbocycles. The van der Waals surface area contributed by atoms with E-state index in [-0.39, 0.29) is 5.69 Å². The van der Waals surface area contributed by atoms with E-state index in [1.807, 2.05) is 0 Å². The van der Waals surface area contributed by atoms with Gasteiger partial charge in [0.15, 0.2) is 11.5 Å². The molecule has 3 aromatic rings. The molecule has 0 saturated heterocycles. The van der Waals surface area contributed by atoms with Crippen LogP contribution in [0, 0.1) is 0 Å². The highest BCUT2D eigenvalue weighted by Gasteiger charge is 2.15. The zero-order chi connectivity index (χ0) is 17.8. The van der Waals surface area contributed by atoms with Crippen LogP contribution in [0.3, 0.4) is 0 Å². The number of nitrogens with zero attached hydrogens (tertiary/aromatic N) is 1. The quantitative estimate of drug-likeness (QED) is 0.631. The van der Waals surface area contributed by atoms with Gasteiger partial charge in [0.05, 0.1) is 0 Å². The van der Waals surface area contributed by atoms with Crippen molar-refractivity contribution in [2.24, 2.45) is 0 Å². The summed E-state index contributed by atoms with van der Waals surface area (Å²) >= 11 is 9.12. The summed E-state index contributed by atoms with van der Waals surface area (Å²) in [6.45, 7) is 0. The number of carbonyl (C=O) groups is 2. The predicted molar refractivity (Wildman–Crippen MR) is 96.0 cm³/mol. The number of aromatic nitrogens is 1. The second kappa shape index (κ2) is 7.50. The van der Waals surface area contributed by atoms with Gasteiger partial charge >= 0.3 is 0 Å². The van der Waals surface area contributed by atoms with Gasteiger partial charge in [-0.05, 0) is 48.5 Å². The first kappa shape index (κ1) is 17.2. The van der Waals surface area contributed by atoms with Gasteiger partial charge in [-0.15, -0.1) is 0 Å². The van der Waals surface area contributed by atoms with Crippen LogP contribution in [0.4, 0.5) is 0 Å². The molecule has 0 spiro atoms. The lowest BCUT2D eigenvalue weighted by Gasteiger charge is -2.05. The average Bonchev–Trinajstić information content (AvgIpc) is 3.11. The molecule has 1 aromatic heterocycles. The summed E-state index contributed by atoms with van der Waals surface area (Å²) in [6, 6.07) is 15.1. The Bertz CT molecular complexity index is 908. The van der Waals surface area contributed by atoms with Crippen molar-refractivity contribution in [3.8, 4) is 11.3 Å². The van der Waals surface area contributed by atoms with Crippen molar-refractivity contribution in [2.45, 2.75) is 0 Å². The number of halogens is 2. The Labute approximate surface area is 156 Å². The second-order valence-electron chi connectivity index (χ2n) is 5.00. The molecule has 0 aliphatic heterocycles. The molecule has 0 saturated carbocycles. The van der Waals surface area contributed by atoms with Gasteiger partial charge in [-0.1, -0.05) is 32.7 Å². The van der Waals surface area contributed by atoms with E-state index in [0.29, 0.717) is 16.3 Å². The van der Waals surface area contributed by atoms with E-state index in [1.165, 1.54) is 6.07 Å². The summed E-state index contributed by atoms with van der Waals surface area (Å²) in [5, 5.41) is 4.29. The lowest BCUT2D eigenvalue weighted by molar-refractivity contribution is 0.0841. The Morgan fingerprint density at radius 1 is 0.960 bits per heavy atom. The highest BCUT2D eigenvalue weighted by Crippen LogP contribution is 2.22. The monoisotopic (exact) mass is 419 g/mol. The molecule has 0 fully saturated rings. The summed E-state index contributed by atoms with van der Waals surface area (Å²) in [4.78, 5) is 24.0. The van der Waals surface area contributed by atoms with E-state index >= 15 is 0 Å². The summed E-state index contributed by atoms with van der Waals surface area (Å²) in [5.74, 6) is -0.613. The molecule has 0 atom stereocenters. The molecule has 6 nitrogen and oxygen atoms in total. The number of benzene rings is 2. The van der Waals surface area contributed by atoms with Gasteiger partial charge in [-0.3, -0.25) is 20.4 Å². The number of hydrogen-bond donors (Lipinski definition) is 2. The van der Waals surface area contributed by atoms with Crippen molar-refractivity contribution in [1.29, 1.82) is 0 Å². The number of nitrogens with one attached hydrogen (secondary N) is 2. The standard InChI is InChI=1S/C17H11BrClN3O3/c18-12-5-1-11(2-6-12)16(23)20-21-17(24)14-9-15(25-22-14)10-3-7-13(19)8-4-10/h1-9H,(H,20,23)(H,21,24). The molecule has 0 radical (unpaired) electrons. The lowest BCUT2D eigenvalue weighted by Crippen LogP contribution is -2.41. The molecule has 0 unspecified atom stereocenters. The summed E-state index contributed by atoms with van der Waals surface area (Å²) < 4.78 is 6.00. The minimum atomic E-state index is -0.588. The normalized spacial score (nSPS) is 10.3. The van der Waals surface area contributed by atoms with Gasteiger partial charge in [0.1, 0.15) is 0 Å². The van der Waals surface area contributed by atoms with Crippen LogP contribution in [-0.2, 0) is 0 Å². The van der Waals surface area contributed by atoms with Gasteiger partial charge in [-0.25, -0.2) is 0 Å². The molecular formula is C17H11BrClN3O3. The second-order valence-corrected chi connectivity index (χ2v) is 6.35. The largest absolute Gasteiger partial charge is 0.355 e. The third-order valence-electron chi connectivity index (χ3n) is 3.27. The lowest BCUT2D eigenvalue weighted by atomic mass is 10.1. The third kappa shape index (κ3) is 4.26. The molecule has 1 heterocycles. The SMILES string of the molecule is O=C(NNC(=O)c1cc(-c2ccc(Cl)cc2)on1)c1ccc(Br)cc1. The van der Waals surface area contributed by atoms with Crippen molar-refractivity contribution >= 4 is 39.3 Å². The Hall–Kier alpha value is -2.64. The van der Waals surface area contributed by atoms with Gasteiger partial charge in [0, 0.05) is 26.7 Å². The molecule has 8 heteroatoms. The van der Waals surface area contributed by atoms with E-state index in [2.05, 4.69) is 31.9 Å². The summed E-state index contributed by atoms with van der Waals surface area (Å²) in [5.41, 5.74) is 5.79. The maximum absolute atomic E-state index is 12.1. The van der Waals surface area contributed by atoms with Gasteiger partial charge < -0.3 is 4.52 Å². The number of rotatable bonds is 3. The van der Waals surface area contributed by atoms with Crippen LogP contribution in [-0.4, -0.2) is 17.0 Å². The van der Waals surface area contributed by atoms with Crippen molar-refractivity contribution in [3.63, 3.8) is 0 Å². The van der Waals surface area contributed by atoms with Gasteiger partial charge in [0.25, 0.3) is 11.8 Å². The number of hydrogen-bond acceptors (Lipinski definition) is 4. The smallest absolute Gasteiger partial charge is 0.291 e. The number of amides is 2. The maximum atomic E-state index is 12.1. The summed E-state index contributed by atoms with van der Waals surface area (Å²) in [7, 11) is 0. The first-order valence-electron chi connectivity index (χ1n) is 7.12. The van der Waals surface area contributed by atoms with Crippen LogP contribution in [0.15, 0.2) is 63.6 Å². The fourth-order valence-corrected chi connectivity index (χ4v) is 2.37. The average molecular weight is 421 g/mol. The molecule has 2 aromatic carbocycles. The van der Waals surface area contributed by atoms with Crippen LogP contribution in [0.5, 0.6) is 0 Å². The fourth-order valence-electron chi connectivity index (χ4n) is 1.98. The van der Waals surface area contributed by atoms with Crippen molar-refractivity contribution in [2.75, 3.05) is 0 Å². The van der Waals surface area contributed by atoms with E-state index in [1.54, 1.807) is 48.5 Å². The molecule has 2 amide bonds. The first-order valence-corrected chi connectivity index (χ1v) is 8.29.